The van der Waals surface area contributed by atoms with E-state index >= 15 is 0 Å². The highest BCUT2D eigenvalue weighted by molar-refractivity contribution is 5.58. The van der Waals surface area contributed by atoms with Gasteiger partial charge < -0.3 is 10.2 Å². The number of benzene rings is 1. The molecule has 3 rings (SSSR count). The summed E-state index contributed by atoms with van der Waals surface area (Å²) in [5.74, 6) is 0.409. The van der Waals surface area contributed by atoms with Gasteiger partial charge in [-0.15, -0.1) is 0 Å². The van der Waals surface area contributed by atoms with E-state index in [1.54, 1.807) is 12.3 Å². The van der Waals surface area contributed by atoms with Crippen molar-refractivity contribution in [3.63, 3.8) is 0 Å². The number of rotatable bonds is 3. The molecule has 0 atom stereocenters. The third-order valence-electron chi connectivity index (χ3n) is 3.32. The summed E-state index contributed by atoms with van der Waals surface area (Å²) < 4.78 is 18.6. The molecule has 1 heterocycles. The van der Waals surface area contributed by atoms with Crippen molar-refractivity contribution in [2.24, 2.45) is 5.73 Å². The fourth-order valence-electron chi connectivity index (χ4n) is 1.95. The number of halogens is 1. The molecule has 1 aromatic carbocycles. The fourth-order valence-corrected chi connectivity index (χ4v) is 1.95. The monoisotopic (exact) mass is 232 g/mol. The molecule has 4 heteroatoms. The summed E-state index contributed by atoms with van der Waals surface area (Å²) in [6.45, 7) is 0.552. The molecule has 2 aromatic rings. The van der Waals surface area contributed by atoms with Gasteiger partial charge in [-0.2, -0.15) is 0 Å². The van der Waals surface area contributed by atoms with Gasteiger partial charge in [0.15, 0.2) is 0 Å². The van der Waals surface area contributed by atoms with Crippen LogP contribution in [-0.2, 0) is 5.41 Å². The number of aromatic nitrogens is 1. The second-order valence-electron chi connectivity index (χ2n) is 4.53. The summed E-state index contributed by atoms with van der Waals surface area (Å²) in [6, 6.07) is 6.33. The lowest BCUT2D eigenvalue weighted by molar-refractivity contribution is 0.437. The topological polar surface area (TPSA) is 52.0 Å². The second kappa shape index (κ2) is 3.67. The van der Waals surface area contributed by atoms with E-state index in [0.29, 0.717) is 18.1 Å². The molecule has 1 aromatic heterocycles. The Bertz CT molecular complexity index is 546. The van der Waals surface area contributed by atoms with Crippen molar-refractivity contribution in [3.8, 4) is 11.3 Å². The molecule has 0 bridgehead atoms. The molecule has 88 valence electrons. The first-order chi connectivity index (χ1) is 8.23. The molecule has 17 heavy (non-hydrogen) atoms. The maximum absolute atomic E-state index is 13.1. The van der Waals surface area contributed by atoms with Gasteiger partial charge in [-0.25, -0.2) is 9.37 Å². The van der Waals surface area contributed by atoms with E-state index in [9.17, 15) is 4.39 Å². The highest BCUT2D eigenvalue weighted by atomic mass is 19.1. The summed E-state index contributed by atoms with van der Waals surface area (Å²) in [7, 11) is 0. The van der Waals surface area contributed by atoms with Crippen LogP contribution in [0.1, 0.15) is 18.7 Å². The van der Waals surface area contributed by atoms with Crippen molar-refractivity contribution in [1.82, 2.24) is 4.98 Å². The van der Waals surface area contributed by atoms with Crippen molar-refractivity contribution in [3.05, 3.63) is 42.2 Å². The molecule has 3 nitrogen and oxygen atoms in total. The molecule has 1 saturated carbocycles. The summed E-state index contributed by atoms with van der Waals surface area (Å²) in [6.07, 6.45) is 3.61. The minimum atomic E-state index is -0.271. The molecule has 0 radical (unpaired) electrons. The Hall–Kier alpha value is -1.68. The minimum absolute atomic E-state index is 0.0639. The first-order valence-corrected chi connectivity index (χ1v) is 5.65. The smallest absolute Gasteiger partial charge is 0.202 e. The molecule has 0 spiro atoms. The lowest BCUT2D eigenvalue weighted by Gasteiger charge is -2.05. The van der Waals surface area contributed by atoms with Crippen LogP contribution in [0.3, 0.4) is 0 Å². The fraction of sp³-hybridized carbons (Fsp3) is 0.308. The van der Waals surface area contributed by atoms with Gasteiger partial charge in [-0.3, -0.25) is 0 Å². The highest BCUT2D eigenvalue weighted by Gasteiger charge is 2.47. The Morgan fingerprint density at radius 1 is 1.41 bits per heavy atom. The van der Waals surface area contributed by atoms with Crippen LogP contribution in [-0.4, -0.2) is 11.5 Å². The number of oxazole rings is 1. The Balaban J connectivity index is 1.95. The Morgan fingerprint density at radius 2 is 2.24 bits per heavy atom. The maximum atomic E-state index is 13.1. The first kappa shape index (κ1) is 10.5. The van der Waals surface area contributed by atoms with E-state index in [2.05, 4.69) is 4.98 Å². The van der Waals surface area contributed by atoms with E-state index in [-0.39, 0.29) is 11.2 Å². The van der Waals surface area contributed by atoms with E-state index in [1.807, 2.05) is 6.07 Å². The highest BCUT2D eigenvalue weighted by Crippen LogP contribution is 2.47. The second-order valence-corrected chi connectivity index (χ2v) is 4.53. The van der Waals surface area contributed by atoms with E-state index in [0.717, 1.165) is 18.4 Å². The molecule has 1 aliphatic rings. The van der Waals surface area contributed by atoms with Crippen LogP contribution in [0.5, 0.6) is 0 Å². The molecular weight excluding hydrogens is 219 g/mol. The van der Waals surface area contributed by atoms with E-state index in [1.165, 1.54) is 12.1 Å². The standard InChI is InChI=1S/C13H13FN2O/c14-10-3-1-2-9(6-10)11-7-17-12(16-11)13(8-15)4-5-13/h1-3,6-7H,4-5,8,15H2. The zero-order valence-corrected chi connectivity index (χ0v) is 9.32. The molecule has 0 amide bonds. The van der Waals surface area contributed by atoms with Crippen LogP contribution < -0.4 is 5.73 Å². The quantitative estimate of drug-likeness (QED) is 0.884. The minimum Gasteiger partial charge on any atom is -0.448 e. The molecule has 0 saturated heterocycles. The Morgan fingerprint density at radius 3 is 2.88 bits per heavy atom. The maximum Gasteiger partial charge on any atom is 0.202 e. The Labute approximate surface area is 98.5 Å². The first-order valence-electron chi connectivity index (χ1n) is 5.65. The SMILES string of the molecule is NCC1(c2nc(-c3cccc(F)c3)co2)CC1. The van der Waals surface area contributed by atoms with Gasteiger partial charge in [-0.1, -0.05) is 12.1 Å². The molecule has 1 fully saturated rings. The average Bonchev–Trinajstić information content (AvgIpc) is 2.99. The number of nitrogens with zero attached hydrogens (tertiary/aromatic N) is 1. The third-order valence-corrected chi connectivity index (χ3v) is 3.32. The van der Waals surface area contributed by atoms with Gasteiger partial charge in [0.05, 0.1) is 5.41 Å². The van der Waals surface area contributed by atoms with Crippen molar-refractivity contribution >= 4 is 0 Å². The van der Waals surface area contributed by atoms with Crippen LogP contribution in [0.25, 0.3) is 11.3 Å². The van der Waals surface area contributed by atoms with E-state index in [4.69, 9.17) is 10.2 Å². The van der Waals surface area contributed by atoms with Crippen LogP contribution in [0.4, 0.5) is 4.39 Å². The summed E-state index contributed by atoms with van der Waals surface area (Å²) in [4.78, 5) is 4.41. The largest absolute Gasteiger partial charge is 0.448 e. The zero-order valence-electron chi connectivity index (χ0n) is 9.32. The number of hydrogen-bond acceptors (Lipinski definition) is 3. The molecule has 2 N–H and O–H groups in total. The van der Waals surface area contributed by atoms with Gasteiger partial charge in [-0.05, 0) is 25.0 Å². The summed E-state index contributed by atoms with van der Waals surface area (Å²) in [5, 5.41) is 0. The Kier molecular flexibility index (Phi) is 2.26. The summed E-state index contributed by atoms with van der Waals surface area (Å²) in [5.41, 5.74) is 7.04. The van der Waals surface area contributed by atoms with Crippen molar-refractivity contribution in [1.29, 1.82) is 0 Å². The third kappa shape index (κ3) is 1.74. The van der Waals surface area contributed by atoms with Crippen LogP contribution in [0, 0.1) is 5.82 Å². The molecule has 0 aliphatic heterocycles. The van der Waals surface area contributed by atoms with Crippen LogP contribution in [0.2, 0.25) is 0 Å². The molecule has 1 aliphatic carbocycles. The predicted octanol–water partition coefficient (Wildman–Crippen LogP) is 2.47. The van der Waals surface area contributed by atoms with Gasteiger partial charge in [0.2, 0.25) is 5.89 Å². The van der Waals surface area contributed by atoms with Crippen molar-refractivity contribution in [2.75, 3.05) is 6.54 Å². The van der Waals surface area contributed by atoms with Gasteiger partial charge >= 0.3 is 0 Å². The van der Waals surface area contributed by atoms with Crippen LogP contribution in [0.15, 0.2) is 34.9 Å². The van der Waals surface area contributed by atoms with Crippen molar-refractivity contribution in [2.45, 2.75) is 18.3 Å². The zero-order chi connectivity index (χ0) is 11.9. The lowest BCUT2D eigenvalue weighted by atomic mass is 10.1. The van der Waals surface area contributed by atoms with Crippen LogP contribution >= 0.6 is 0 Å². The number of nitrogens with two attached hydrogens (primary N) is 1. The van der Waals surface area contributed by atoms with Gasteiger partial charge in [0.25, 0.3) is 0 Å². The van der Waals surface area contributed by atoms with Gasteiger partial charge in [0, 0.05) is 12.1 Å². The lowest BCUT2D eigenvalue weighted by Crippen LogP contribution is -2.19. The normalized spacial score (nSPS) is 17.1. The summed E-state index contributed by atoms with van der Waals surface area (Å²) >= 11 is 0. The molecule has 0 unspecified atom stereocenters. The average molecular weight is 232 g/mol. The van der Waals surface area contributed by atoms with Gasteiger partial charge in [0.1, 0.15) is 17.8 Å². The van der Waals surface area contributed by atoms with E-state index < -0.39 is 0 Å². The molecular formula is C13H13FN2O. The predicted molar refractivity (Wildman–Crippen MR) is 61.9 cm³/mol. The van der Waals surface area contributed by atoms with Crippen molar-refractivity contribution < 1.29 is 8.81 Å². The number of hydrogen-bond donors (Lipinski definition) is 1.